The summed E-state index contributed by atoms with van der Waals surface area (Å²) in [5.41, 5.74) is 12.1. The van der Waals surface area contributed by atoms with E-state index in [9.17, 15) is 0 Å². The van der Waals surface area contributed by atoms with Crippen LogP contribution >= 0.6 is 0 Å². The number of hydrogen-bond donors (Lipinski definition) is 0. The Morgan fingerprint density at radius 3 is 1.22 bits per heavy atom. The summed E-state index contributed by atoms with van der Waals surface area (Å²) in [6.07, 6.45) is 3.94. The fraction of sp³-hybridized carbons (Fsp3) is 0. The Kier molecular flexibility index (Phi) is 6.82. The van der Waals surface area contributed by atoms with Crippen LogP contribution in [-0.2, 0) is 0 Å². The number of rotatable bonds is 4. The van der Waals surface area contributed by atoms with Crippen molar-refractivity contribution < 1.29 is 0 Å². The van der Waals surface area contributed by atoms with Crippen molar-refractivity contribution in [3.63, 3.8) is 0 Å². The van der Waals surface area contributed by atoms with E-state index in [2.05, 4.69) is 170 Å². The molecule has 250 valence electrons. The van der Waals surface area contributed by atoms with Gasteiger partial charge in [0.2, 0.25) is 0 Å². The quantitative estimate of drug-likeness (QED) is 0.173. The second kappa shape index (κ2) is 12.1. The van der Waals surface area contributed by atoms with E-state index in [1.807, 2.05) is 12.4 Å². The van der Waals surface area contributed by atoms with E-state index in [-0.39, 0.29) is 0 Å². The minimum Gasteiger partial charge on any atom is -0.253 e. The van der Waals surface area contributed by atoms with Gasteiger partial charge in [-0.3, -0.25) is 9.97 Å². The third-order valence-electron chi connectivity index (χ3n) is 10.7. The summed E-state index contributed by atoms with van der Waals surface area (Å²) in [6, 6.07) is 59.9. The van der Waals surface area contributed by atoms with Gasteiger partial charge in [0.1, 0.15) is 0 Å². The predicted octanol–water partition coefficient (Wildman–Crippen LogP) is 12.9. The van der Waals surface area contributed by atoms with E-state index in [4.69, 9.17) is 19.9 Å². The van der Waals surface area contributed by atoms with Crippen LogP contribution in [0.25, 0.3) is 110 Å². The van der Waals surface area contributed by atoms with Crippen LogP contribution in [0.4, 0.5) is 0 Å². The molecule has 7 aromatic carbocycles. The van der Waals surface area contributed by atoms with Gasteiger partial charge in [-0.15, -0.1) is 0 Å². The maximum absolute atomic E-state index is 5.18. The molecule has 0 amide bonds. The van der Waals surface area contributed by atoms with Crippen LogP contribution in [0.3, 0.4) is 0 Å². The molecule has 4 nitrogen and oxygen atoms in total. The molecule has 0 aliphatic rings. The molecule has 0 saturated heterocycles. The van der Waals surface area contributed by atoms with Gasteiger partial charge in [0, 0.05) is 56.2 Å². The molecule has 0 fully saturated rings. The summed E-state index contributed by atoms with van der Waals surface area (Å²) in [4.78, 5) is 20.4. The lowest BCUT2D eigenvalue weighted by Crippen LogP contribution is -1.91. The summed E-state index contributed by atoms with van der Waals surface area (Å²) in [7, 11) is 0. The molecule has 0 unspecified atom stereocenters. The third-order valence-corrected chi connectivity index (χ3v) is 10.7. The number of pyridine rings is 4. The Hall–Kier alpha value is -7.30. The van der Waals surface area contributed by atoms with Crippen molar-refractivity contribution in [2.24, 2.45) is 0 Å². The fourth-order valence-corrected chi connectivity index (χ4v) is 7.95. The summed E-state index contributed by atoms with van der Waals surface area (Å²) < 4.78 is 0. The second-order valence-electron chi connectivity index (χ2n) is 13.9. The van der Waals surface area contributed by atoms with Crippen LogP contribution in [0, 0.1) is 0 Å². The molecular weight excluding hydrogens is 657 g/mol. The van der Waals surface area contributed by atoms with Crippen molar-refractivity contribution in [1.29, 1.82) is 0 Å². The molecule has 0 atom stereocenters. The Balaban J connectivity index is 0.955. The average Bonchev–Trinajstić information content (AvgIpc) is 3.25. The number of nitrogens with zero attached hydrogens (tertiary/aromatic N) is 4. The fourth-order valence-electron chi connectivity index (χ4n) is 7.95. The van der Waals surface area contributed by atoms with Gasteiger partial charge in [-0.1, -0.05) is 140 Å². The summed E-state index contributed by atoms with van der Waals surface area (Å²) >= 11 is 0. The summed E-state index contributed by atoms with van der Waals surface area (Å²) in [6.45, 7) is 0. The zero-order valence-electron chi connectivity index (χ0n) is 29.1. The van der Waals surface area contributed by atoms with Crippen LogP contribution in [-0.4, -0.2) is 19.9 Å². The Bertz CT molecular complexity index is 3070. The number of benzene rings is 7. The molecule has 0 aliphatic heterocycles. The maximum atomic E-state index is 5.18. The van der Waals surface area contributed by atoms with Gasteiger partial charge in [-0.05, 0) is 63.0 Å². The molecular formula is C50H30N4. The second-order valence-corrected chi connectivity index (χ2v) is 13.9. The summed E-state index contributed by atoms with van der Waals surface area (Å²) in [5.74, 6) is 0. The molecule has 54 heavy (non-hydrogen) atoms. The molecule has 4 aromatic heterocycles. The lowest BCUT2D eigenvalue weighted by molar-refractivity contribution is 1.37. The minimum absolute atomic E-state index is 0.901. The number of aromatic nitrogens is 4. The Labute approximate surface area is 311 Å². The van der Waals surface area contributed by atoms with Crippen molar-refractivity contribution in [1.82, 2.24) is 19.9 Å². The monoisotopic (exact) mass is 686 g/mol. The lowest BCUT2D eigenvalue weighted by Gasteiger charge is -2.11. The van der Waals surface area contributed by atoms with Gasteiger partial charge >= 0.3 is 0 Å². The van der Waals surface area contributed by atoms with Gasteiger partial charge in [0.25, 0.3) is 0 Å². The molecule has 0 bridgehead atoms. The molecule has 11 aromatic rings. The molecule has 0 spiro atoms. The van der Waals surface area contributed by atoms with E-state index in [0.717, 1.165) is 88.4 Å². The SMILES string of the molecule is c1cc(-c2cnc3c(ccc4ccc(-c5cccc6ccccc56)nc43)c2)cc(-c2cnc3c(ccc4ccc(-c5cccc6ccccc56)nc43)c2)c1. The lowest BCUT2D eigenvalue weighted by atomic mass is 9.98. The van der Waals surface area contributed by atoms with Crippen molar-refractivity contribution in [2.45, 2.75) is 0 Å². The van der Waals surface area contributed by atoms with Gasteiger partial charge < -0.3 is 0 Å². The number of fused-ring (bicyclic) bond motifs is 8. The average molecular weight is 687 g/mol. The van der Waals surface area contributed by atoms with Crippen LogP contribution in [0.15, 0.2) is 182 Å². The van der Waals surface area contributed by atoms with E-state index < -0.39 is 0 Å². The molecule has 4 heteroatoms. The van der Waals surface area contributed by atoms with Crippen molar-refractivity contribution >= 4 is 65.2 Å². The molecule has 0 N–H and O–H groups in total. The molecule has 0 saturated carbocycles. The normalized spacial score (nSPS) is 11.7. The van der Waals surface area contributed by atoms with Crippen LogP contribution in [0.5, 0.6) is 0 Å². The Morgan fingerprint density at radius 1 is 0.278 bits per heavy atom. The Morgan fingerprint density at radius 2 is 0.704 bits per heavy atom. The molecule has 0 radical (unpaired) electrons. The topological polar surface area (TPSA) is 51.6 Å². The predicted molar refractivity (Wildman–Crippen MR) is 224 cm³/mol. The zero-order chi connectivity index (χ0) is 35.6. The highest BCUT2D eigenvalue weighted by Crippen LogP contribution is 2.35. The summed E-state index contributed by atoms with van der Waals surface area (Å²) in [5, 5.41) is 9.06. The van der Waals surface area contributed by atoms with Crippen molar-refractivity contribution in [2.75, 3.05) is 0 Å². The molecule has 0 aliphatic carbocycles. The minimum atomic E-state index is 0.901. The van der Waals surface area contributed by atoms with Gasteiger partial charge in [0.05, 0.1) is 33.5 Å². The standard InChI is InChI=1S/C50H30N4/c1-3-14-41-31(8-1)10-6-16-43(41)45-24-22-33-18-20-37-27-39(29-51-47(37)49(33)53-45)35-12-5-13-36(26-35)40-28-38-21-19-34-23-25-46(54-50(34)48(38)52-30-40)44-17-7-11-32-9-2-4-15-42(32)44/h1-30H. The van der Waals surface area contributed by atoms with Crippen LogP contribution in [0.2, 0.25) is 0 Å². The van der Waals surface area contributed by atoms with Gasteiger partial charge in [0.15, 0.2) is 0 Å². The van der Waals surface area contributed by atoms with Crippen molar-refractivity contribution in [3.8, 4) is 44.8 Å². The zero-order valence-corrected chi connectivity index (χ0v) is 29.1. The first kappa shape index (κ1) is 30.3. The highest BCUT2D eigenvalue weighted by Gasteiger charge is 2.13. The first-order valence-electron chi connectivity index (χ1n) is 18.2. The largest absolute Gasteiger partial charge is 0.253 e. The molecule has 4 heterocycles. The smallest absolute Gasteiger partial charge is 0.0972 e. The first-order valence-corrected chi connectivity index (χ1v) is 18.2. The van der Waals surface area contributed by atoms with Gasteiger partial charge in [-0.2, -0.15) is 0 Å². The first-order chi connectivity index (χ1) is 26.7. The van der Waals surface area contributed by atoms with Crippen LogP contribution < -0.4 is 0 Å². The van der Waals surface area contributed by atoms with E-state index in [1.165, 1.54) is 21.5 Å². The van der Waals surface area contributed by atoms with Crippen molar-refractivity contribution in [3.05, 3.63) is 182 Å². The van der Waals surface area contributed by atoms with E-state index >= 15 is 0 Å². The maximum Gasteiger partial charge on any atom is 0.0972 e. The third kappa shape index (κ3) is 5.00. The van der Waals surface area contributed by atoms with E-state index in [0.29, 0.717) is 0 Å². The highest BCUT2D eigenvalue weighted by molar-refractivity contribution is 6.07. The number of hydrogen-bond acceptors (Lipinski definition) is 4. The van der Waals surface area contributed by atoms with Gasteiger partial charge in [-0.25, -0.2) is 9.97 Å². The highest BCUT2D eigenvalue weighted by atomic mass is 14.8. The van der Waals surface area contributed by atoms with Crippen LogP contribution in [0.1, 0.15) is 0 Å². The molecule has 11 rings (SSSR count). The van der Waals surface area contributed by atoms with E-state index in [1.54, 1.807) is 0 Å².